The standard InChI is InChI=1S/C17H17ClN2O4/c1-23-14-8-7-11(9-12(14)18)19-16(21)10-17(22)20-13-5-3-4-6-15(13)24-2/h3-9H,10H2,1-2H3,(H,19,21)(H,20,22). The minimum Gasteiger partial charge on any atom is -0.495 e. The van der Waals surface area contributed by atoms with Gasteiger partial charge in [0.1, 0.15) is 17.9 Å². The molecule has 7 heteroatoms. The molecular formula is C17H17ClN2O4. The first-order chi connectivity index (χ1) is 11.5. The van der Waals surface area contributed by atoms with Crippen molar-refractivity contribution in [1.29, 1.82) is 0 Å². The highest BCUT2D eigenvalue weighted by Gasteiger charge is 2.12. The average Bonchev–Trinajstić information content (AvgIpc) is 2.55. The van der Waals surface area contributed by atoms with E-state index in [0.717, 1.165) is 0 Å². The van der Waals surface area contributed by atoms with Crippen molar-refractivity contribution in [3.05, 3.63) is 47.5 Å². The lowest BCUT2D eigenvalue weighted by molar-refractivity contribution is -0.123. The second-order valence-corrected chi connectivity index (χ2v) is 5.23. The van der Waals surface area contributed by atoms with Crippen molar-refractivity contribution in [2.24, 2.45) is 0 Å². The molecular weight excluding hydrogens is 332 g/mol. The Balaban J connectivity index is 1.94. The van der Waals surface area contributed by atoms with E-state index < -0.39 is 11.8 Å². The van der Waals surface area contributed by atoms with Gasteiger partial charge < -0.3 is 20.1 Å². The Morgan fingerprint density at radius 2 is 1.62 bits per heavy atom. The van der Waals surface area contributed by atoms with Crippen molar-refractivity contribution < 1.29 is 19.1 Å². The maximum atomic E-state index is 12.0. The van der Waals surface area contributed by atoms with E-state index in [-0.39, 0.29) is 6.42 Å². The first-order valence-corrected chi connectivity index (χ1v) is 7.47. The van der Waals surface area contributed by atoms with Gasteiger partial charge in [0, 0.05) is 5.69 Å². The average molecular weight is 349 g/mol. The van der Waals surface area contributed by atoms with Gasteiger partial charge in [-0.25, -0.2) is 0 Å². The Labute approximate surface area is 144 Å². The number of nitrogens with one attached hydrogen (secondary N) is 2. The van der Waals surface area contributed by atoms with Gasteiger partial charge in [-0.15, -0.1) is 0 Å². The third-order valence-corrected chi connectivity index (χ3v) is 3.43. The lowest BCUT2D eigenvalue weighted by atomic mass is 10.2. The van der Waals surface area contributed by atoms with E-state index in [1.165, 1.54) is 14.2 Å². The monoisotopic (exact) mass is 348 g/mol. The number of hydrogen-bond acceptors (Lipinski definition) is 4. The van der Waals surface area contributed by atoms with E-state index in [2.05, 4.69) is 10.6 Å². The van der Waals surface area contributed by atoms with Crippen LogP contribution in [0.15, 0.2) is 42.5 Å². The molecule has 0 fully saturated rings. The molecule has 126 valence electrons. The van der Waals surface area contributed by atoms with Crippen molar-refractivity contribution >= 4 is 34.8 Å². The molecule has 2 rings (SSSR count). The van der Waals surface area contributed by atoms with Gasteiger partial charge >= 0.3 is 0 Å². The molecule has 0 aliphatic carbocycles. The Kier molecular flexibility index (Phi) is 6.03. The second kappa shape index (κ2) is 8.21. The van der Waals surface area contributed by atoms with Gasteiger partial charge in [-0.1, -0.05) is 23.7 Å². The molecule has 2 amide bonds. The van der Waals surface area contributed by atoms with Gasteiger partial charge in [-0.2, -0.15) is 0 Å². The van der Waals surface area contributed by atoms with Crippen LogP contribution >= 0.6 is 11.6 Å². The van der Waals surface area contributed by atoms with E-state index in [0.29, 0.717) is 27.9 Å². The molecule has 0 spiro atoms. The summed E-state index contributed by atoms with van der Waals surface area (Å²) in [5, 5.41) is 5.61. The number of methoxy groups -OCH3 is 2. The second-order valence-electron chi connectivity index (χ2n) is 4.82. The summed E-state index contributed by atoms with van der Waals surface area (Å²) >= 11 is 5.99. The molecule has 0 saturated carbocycles. The van der Waals surface area contributed by atoms with Gasteiger partial charge in [0.25, 0.3) is 0 Å². The van der Waals surface area contributed by atoms with Crippen LogP contribution in [-0.2, 0) is 9.59 Å². The molecule has 6 nitrogen and oxygen atoms in total. The lowest BCUT2D eigenvalue weighted by Gasteiger charge is -2.10. The number of hydrogen-bond donors (Lipinski definition) is 2. The number of rotatable bonds is 6. The van der Waals surface area contributed by atoms with Crippen LogP contribution in [-0.4, -0.2) is 26.0 Å². The van der Waals surface area contributed by atoms with Crippen molar-refractivity contribution in [3.63, 3.8) is 0 Å². The SMILES string of the molecule is COc1ccc(NC(=O)CC(=O)Nc2ccccc2OC)cc1Cl. The zero-order valence-electron chi connectivity index (χ0n) is 13.3. The number of benzene rings is 2. The number of carbonyl (C=O) groups excluding carboxylic acids is 2. The summed E-state index contributed by atoms with van der Waals surface area (Å²) in [5.41, 5.74) is 0.987. The van der Waals surface area contributed by atoms with Crippen LogP contribution in [0.5, 0.6) is 11.5 Å². The van der Waals surface area contributed by atoms with Gasteiger partial charge in [0.15, 0.2) is 0 Å². The first kappa shape index (κ1) is 17.6. The normalized spacial score (nSPS) is 9.96. The summed E-state index contributed by atoms with van der Waals surface area (Å²) in [5.74, 6) is 0.122. The highest BCUT2D eigenvalue weighted by molar-refractivity contribution is 6.32. The molecule has 0 heterocycles. The Hall–Kier alpha value is -2.73. The van der Waals surface area contributed by atoms with Crippen molar-refractivity contribution in [3.8, 4) is 11.5 Å². The van der Waals surface area contributed by atoms with Crippen LogP contribution in [0, 0.1) is 0 Å². The largest absolute Gasteiger partial charge is 0.495 e. The third kappa shape index (κ3) is 4.63. The van der Waals surface area contributed by atoms with E-state index in [1.807, 2.05) is 0 Å². The van der Waals surface area contributed by atoms with E-state index >= 15 is 0 Å². The molecule has 0 aliphatic heterocycles. The summed E-state index contributed by atoms with van der Waals surface area (Å²) in [6, 6.07) is 11.8. The lowest BCUT2D eigenvalue weighted by Crippen LogP contribution is -2.21. The van der Waals surface area contributed by atoms with E-state index in [1.54, 1.807) is 42.5 Å². The Morgan fingerprint density at radius 3 is 2.29 bits per heavy atom. The van der Waals surface area contributed by atoms with E-state index in [4.69, 9.17) is 21.1 Å². The highest BCUT2D eigenvalue weighted by Crippen LogP contribution is 2.27. The maximum absolute atomic E-state index is 12.0. The Bertz CT molecular complexity index is 749. The summed E-state index contributed by atoms with van der Waals surface area (Å²) in [6.45, 7) is 0. The fourth-order valence-electron chi connectivity index (χ4n) is 2.04. The smallest absolute Gasteiger partial charge is 0.233 e. The summed E-state index contributed by atoms with van der Waals surface area (Å²) in [6.07, 6.45) is -0.332. The van der Waals surface area contributed by atoms with Crippen molar-refractivity contribution in [2.45, 2.75) is 6.42 Å². The van der Waals surface area contributed by atoms with Crippen LogP contribution < -0.4 is 20.1 Å². The van der Waals surface area contributed by atoms with Gasteiger partial charge in [0.05, 0.1) is 24.9 Å². The van der Waals surface area contributed by atoms with E-state index in [9.17, 15) is 9.59 Å². The number of anilines is 2. The van der Waals surface area contributed by atoms with Crippen LogP contribution in [0.4, 0.5) is 11.4 Å². The number of carbonyl (C=O) groups is 2. The number of ether oxygens (including phenoxy) is 2. The molecule has 0 saturated heterocycles. The minimum atomic E-state index is -0.455. The highest BCUT2D eigenvalue weighted by atomic mass is 35.5. The number of halogens is 1. The summed E-state index contributed by atoms with van der Waals surface area (Å²) < 4.78 is 10.2. The molecule has 0 bridgehead atoms. The molecule has 2 aromatic rings. The first-order valence-electron chi connectivity index (χ1n) is 7.09. The van der Waals surface area contributed by atoms with Gasteiger partial charge in [-0.3, -0.25) is 9.59 Å². The molecule has 0 aliphatic rings. The zero-order valence-corrected chi connectivity index (χ0v) is 14.0. The molecule has 0 atom stereocenters. The Morgan fingerprint density at radius 1 is 0.958 bits per heavy atom. The molecule has 0 aromatic heterocycles. The van der Waals surface area contributed by atoms with Crippen LogP contribution in [0.3, 0.4) is 0 Å². The quantitative estimate of drug-likeness (QED) is 0.785. The predicted molar refractivity (Wildman–Crippen MR) is 92.9 cm³/mol. The summed E-state index contributed by atoms with van der Waals surface area (Å²) in [4.78, 5) is 23.9. The molecule has 24 heavy (non-hydrogen) atoms. The van der Waals surface area contributed by atoms with Crippen molar-refractivity contribution in [1.82, 2.24) is 0 Å². The summed E-state index contributed by atoms with van der Waals surface area (Å²) in [7, 11) is 3.01. The zero-order chi connectivity index (χ0) is 17.5. The molecule has 2 N–H and O–H groups in total. The van der Waals surface area contributed by atoms with Gasteiger partial charge in [-0.05, 0) is 30.3 Å². The topological polar surface area (TPSA) is 76.7 Å². The minimum absolute atomic E-state index is 0.332. The van der Waals surface area contributed by atoms with Gasteiger partial charge in [0.2, 0.25) is 11.8 Å². The van der Waals surface area contributed by atoms with Crippen LogP contribution in [0.2, 0.25) is 5.02 Å². The third-order valence-electron chi connectivity index (χ3n) is 3.14. The fourth-order valence-corrected chi connectivity index (χ4v) is 2.30. The van der Waals surface area contributed by atoms with Crippen LogP contribution in [0.25, 0.3) is 0 Å². The van der Waals surface area contributed by atoms with Crippen molar-refractivity contribution in [2.75, 3.05) is 24.9 Å². The molecule has 2 aromatic carbocycles. The predicted octanol–water partition coefficient (Wildman–Crippen LogP) is 3.32. The molecule has 0 unspecified atom stereocenters. The van der Waals surface area contributed by atoms with Crippen LogP contribution in [0.1, 0.15) is 6.42 Å². The number of amides is 2. The number of para-hydroxylation sites is 2. The molecule has 0 radical (unpaired) electrons. The fraction of sp³-hybridized carbons (Fsp3) is 0.176. The maximum Gasteiger partial charge on any atom is 0.233 e.